The van der Waals surface area contributed by atoms with E-state index in [2.05, 4.69) is 15.3 Å². The lowest BCUT2D eigenvalue weighted by Crippen LogP contribution is -2.51. The highest BCUT2D eigenvalue weighted by Crippen LogP contribution is 2.10. The maximum Gasteiger partial charge on any atom is 0.222 e. The van der Waals surface area contributed by atoms with Gasteiger partial charge in [-0.15, -0.1) is 0 Å². The minimum Gasteiger partial charge on any atom is -0.386 e. The molecule has 0 bridgehead atoms. The van der Waals surface area contributed by atoms with Crippen LogP contribution >= 0.6 is 0 Å². The van der Waals surface area contributed by atoms with Crippen molar-refractivity contribution in [3.8, 4) is 0 Å². The number of aromatic amines is 1. The molecule has 2 unspecified atom stereocenters. The number of carbonyl (C=O) groups is 1. The minimum atomic E-state index is -1.02. The van der Waals surface area contributed by atoms with E-state index in [9.17, 15) is 9.90 Å². The topological polar surface area (TPSA) is 106 Å². The minimum absolute atomic E-state index is 0.213. The molecule has 0 aliphatic carbocycles. The third-order valence-corrected chi connectivity index (χ3v) is 3.02. The Morgan fingerprint density at radius 2 is 2.14 bits per heavy atom. The molecular formula is C13H23N3O5. The number of ether oxygens (including phenoxy) is 3. The summed E-state index contributed by atoms with van der Waals surface area (Å²) in [7, 11) is 4.38. The molecule has 0 aliphatic rings. The zero-order valence-corrected chi connectivity index (χ0v) is 12.5. The van der Waals surface area contributed by atoms with Crippen molar-refractivity contribution in [3.63, 3.8) is 0 Å². The molecule has 21 heavy (non-hydrogen) atoms. The summed E-state index contributed by atoms with van der Waals surface area (Å²) in [6.45, 7) is 0.315. The number of hydrogen-bond donors (Lipinski definition) is 3. The van der Waals surface area contributed by atoms with Crippen molar-refractivity contribution >= 4 is 5.91 Å². The zero-order valence-electron chi connectivity index (χ0n) is 12.5. The van der Waals surface area contributed by atoms with E-state index < -0.39 is 18.4 Å². The number of rotatable bonds is 10. The maximum atomic E-state index is 11.8. The summed E-state index contributed by atoms with van der Waals surface area (Å²) in [4.78, 5) is 18.8. The third-order valence-electron chi connectivity index (χ3n) is 3.02. The van der Waals surface area contributed by atoms with Gasteiger partial charge >= 0.3 is 0 Å². The number of nitrogens with zero attached hydrogens (tertiary/aromatic N) is 1. The number of amides is 1. The summed E-state index contributed by atoms with van der Waals surface area (Å²) in [5.41, 5.74) is 0.719. The van der Waals surface area contributed by atoms with Crippen LogP contribution < -0.4 is 5.32 Å². The van der Waals surface area contributed by atoms with Crippen molar-refractivity contribution in [3.05, 3.63) is 18.2 Å². The maximum absolute atomic E-state index is 11.8. The molecule has 8 nitrogen and oxygen atoms in total. The van der Waals surface area contributed by atoms with E-state index in [4.69, 9.17) is 14.2 Å². The fraction of sp³-hybridized carbons (Fsp3) is 0.692. The molecule has 1 heterocycles. The average Bonchev–Trinajstić information content (AvgIpc) is 2.98. The number of aliphatic hydroxyl groups excluding tert-OH is 1. The Bertz CT molecular complexity index is 395. The number of imidazole rings is 1. The summed E-state index contributed by atoms with van der Waals surface area (Å²) in [6, 6.07) is -0.581. The van der Waals surface area contributed by atoms with Gasteiger partial charge in [-0.1, -0.05) is 0 Å². The lowest BCUT2D eigenvalue weighted by Gasteiger charge is -2.28. The van der Waals surface area contributed by atoms with Gasteiger partial charge in [-0.05, 0) is 0 Å². The zero-order chi connectivity index (χ0) is 15.7. The lowest BCUT2D eigenvalue weighted by molar-refractivity contribution is -0.173. The first kappa shape index (κ1) is 17.6. The van der Waals surface area contributed by atoms with Gasteiger partial charge in [0.25, 0.3) is 0 Å². The second kappa shape index (κ2) is 9.46. The molecule has 0 saturated heterocycles. The van der Waals surface area contributed by atoms with Gasteiger partial charge in [0.1, 0.15) is 6.10 Å². The van der Waals surface area contributed by atoms with Crippen molar-refractivity contribution in [1.82, 2.24) is 15.3 Å². The second-order valence-electron chi connectivity index (χ2n) is 4.51. The van der Waals surface area contributed by atoms with Gasteiger partial charge in [0.2, 0.25) is 5.91 Å². The number of hydrogen-bond acceptors (Lipinski definition) is 6. The van der Waals surface area contributed by atoms with E-state index in [-0.39, 0.29) is 12.3 Å². The van der Waals surface area contributed by atoms with Gasteiger partial charge in [0, 0.05) is 40.4 Å². The van der Waals surface area contributed by atoms with Crippen LogP contribution in [0.5, 0.6) is 0 Å². The van der Waals surface area contributed by atoms with Crippen molar-refractivity contribution in [2.45, 2.75) is 31.3 Å². The molecule has 0 spiro atoms. The first-order chi connectivity index (χ1) is 10.1. The Hall–Kier alpha value is -1.48. The Balaban J connectivity index is 2.71. The van der Waals surface area contributed by atoms with E-state index >= 15 is 0 Å². The van der Waals surface area contributed by atoms with Crippen LogP contribution in [0.2, 0.25) is 0 Å². The molecule has 0 fully saturated rings. The number of methoxy groups -OCH3 is 3. The molecule has 120 valence electrons. The average molecular weight is 301 g/mol. The molecule has 0 aliphatic heterocycles. The Labute approximate surface area is 123 Å². The molecule has 0 saturated carbocycles. The Morgan fingerprint density at radius 3 is 2.67 bits per heavy atom. The highest BCUT2D eigenvalue weighted by molar-refractivity contribution is 5.76. The quantitative estimate of drug-likeness (QED) is 0.501. The van der Waals surface area contributed by atoms with E-state index in [1.807, 2.05) is 0 Å². The summed E-state index contributed by atoms with van der Waals surface area (Å²) < 4.78 is 15.0. The molecule has 2 atom stereocenters. The first-order valence-electron chi connectivity index (χ1n) is 6.62. The van der Waals surface area contributed by atoms with Crippen LogP contribution in [-0.2, 0) is 25.4 Å². The molecule has 8 heteroatoms. The fourth-order valence-corrected chi connectivity index (χ4v) is 1.92. The Kier molecular flexibility index (Phi) is 7.91. The third kappa shape index (κ3) is 5.80. The van der Waals surface area contributed by atoms with Gasteiger partial charge in [0.05, 0.1) is 24.7 Å². The summed E-state index contributed by atoms with van der Waals surface area (Å²) in [5, 5.41) is 13.1. The molecular weight excluding hydrogens is 278 g/mol. The highest BCUT2D eigenvalue weighted by atomic mass is 16.7. The predicted octanol–water partition coefficient (Wildman–Crippen LogP) is -0.547. The summed E-state index contributed by atoms with van der Waals surface area (Å²) in [6.07, 6.45) is 1.95. The van der Waals surface area contributed by atoms with Gasteiger partial charge in [0.15, 0.2) is 6.29 Å². The number of carbonyl (C=O) groups excluding carboxylic acids is 1. The number of H-pyrrole nitrogens is 1. The first-order valence-corrected chi connectivity index (χ1v) is 6.62. The fourth-order valence-electron chi connectivity index (χ4n) is 1.92. The van der Waals surface area contributed by atoms with Crippen LogP contribution in [-0.4, -0.2) is 67.4 Å². The van der Waals surface area contributed by atoms with Gasteiger partial charge in [-0.3, -0.25) is 4.79 Å². The molecule has 1 aromatic heterocycles. The van der Waals surface area contributed by atoms with Crippen LogP contribution in [0.15, 0.2) is 12.5 Å². The van der Waals surface area contributed by atoms with Crippen LogP contribution in [0, 0.1) is 0 Å². The van der Waals surface area contributed by atoms with Crippen molar-refractivity contribution in [1.29, 1.82) is 0 Å². The standard InChI is InChI=1S/C13H23N3O5/c1-19-5-4-11(17)16-10(6-9-7-14-8-15-9)12(18)13(20-2)21-3/h7-8,10,12-13,18H,4-6H2,1-3H3,(H,14,15)(H,16,17). The van der Waals surface area contributed by atoms with E-state index in [0.29, 0.717) is 13.0 Å². The van der Waals surface area contributed by atoms with Crippen molar-refractivity contribution < 1.29 is 24.1 Å². The van der Waals surface area contributed by atoms with Gasteiger partial charge < -0.3 is 29.6 Å². The number of nitrogens with one attached hydrogen (secondary N) is 2. The van der Waals surface area contributed by atoms with E-state index in [1.54, 1.807) is 6.20 Å². The second-order valence-corrected chi connectivity index (χ2v) is 4.51. The molecule has 0 aromatic carbocycles. The van der Waals surface area contributed by atoms with Gasteiger partial charge in [-0.2, -0.15) is 0 Å². The van der Waals surface area contributed by atoms with Crippen molar-refractivity contribution in [2.75, 3.05) is 27.9 Å². The molecule has 1 aromatic rings. The van der Waals surface area contributed by atoms with Crippen LogP contribution in [0.1, 0.15) is 12.1 Å². The highest BCUT2D eigenvalue weighted by Gasteiger charge is 2.29. The monoisotopic (exact) mass is 301 g/mol. The van der Waals surface area contributed by atoms with E-state index in [1.165, 1.54) is 27.7 Å². The number of aromatic nitrogens is 2. The Morgan fingerprint density at radius 1 is 1.43 bits per heavy atom. The SMILES string of the molecule is COCCC(=O)NC(Cc1c[nH]cn1)C(O)C(OC)OC. The van der Waals surface area contributed by atoms with Crippen LogP contribution in [0.25, 0.3) is 0 Å². The molecule has 3 N–H and O–H groups in total. The summed E-state index contributed by atoms with van der Waals surface area (Å²) >= 11 is 0. The largest absolute Gasteiger partial charge is 0.386 e. The molecule has 1 amide bonds. The van der Waals surface area contributed by atoms with Crippen LogP contribution in [0.3, 0.4) is 0 Å². The number of aliphatic hydroxyl groups is 1. The molecule has 0 radical (unpaired) electrons. The smallest absolute Gasteiger partial charge is 0.222 e. The van der Waals surface area contributed by atoms with E-state index in [0.717, 1.165) is 5.69 Å². The van der Waals surface area contributed by atoms with Gasteiger partial charge in [-0.25, -0.2) is 4.98 Å². The summed E-state index contributed by atoms with van der Waals surface area (Å²) in [5.74, 6) is -0.220. The molecule has 1 rings (SSSR count). The van der Waals surface area contributed by atoms with Crippen molar-refractivity contribution in [2.24, 2.45) is 0 Å². The normalized spacial score (nSPS) is 14.1. The lowest BCUT2D eigenvalue weighted by atomic mass is 10.0. The van der Waals surface area contributed by atoms with Crippen LogP contribution in [0.4, 0.5) is 0 Å². The predicted molar refractivity (Wildman–Crippen MR) is 74.5 cm³/mol.